The molecular formula is C13H17N3. The molecule has 1 N–H and O–H groups in total. The smallest absolute Gasteiger partial charge is 0.0718 e. The summed E-state index contributed by atoms with van der Waals surface area (Å²) in [4.78, 5) is 0. The molecule has 0 saturated carbocycles. The van der Waals surface area contributed by atoms with Crippen LogP contribution in [0.4, 0.5) is 0 Å². The van der Waals surface area contributed by atoms with Crippen LogP contribution in [0.15, 0.2) is 24.3 Å². The molecule has 0 bridgehead atoms. The van der Waals surface area contributed by atoms with Crippen LogP contribution < -0.4 is 5.32 Å². The normalized spacial score (nSPS) is 20.7. The molecule has 1 fully saturated rings. The summed E-state index contributed by atoms with van der Waals surface area (Å²) in [5.41, 5.74) is 2.47. The summed E-state index contributed by atoms with van der Waals surface area (Å²) >= 11 is 0. The van der Waals surface area contributed by atoms with E-state index in [1.165, 1.54) is 29.4 Å². The molecule has 1 aliphatic heterocycles. The van der Waals surface area contributed by atoms with Crippen LogP contribution in [0.25, 0.3) is 10.9 Å². The summed E-state index contributed by atoms with van der Waals surface area (Å²) in [7, 11) is 2.02. The van der Waals surface area contributed by atoms with E-state index in [0.717, 1.165) is 13.0 Å². The van der Waals surface area contributed by atoms with E-state index in [1.807, 2.05) is 11.7 Å². The number of benzene rings is 1. The zero-order valence-electron chi connectivity index (χ0n) is 9.61. The lowest BCUT2D eigenvalue weighted by Gasteiger charge is -2.07. The topological polar surface area (TPSA) is 29.9 Å². The number of aryl methyl sites for hydroxylation is 1. The second kappa shape index (κ2) is 3.91. The van der Waals surface area contributed by atoms with Crippen LogP contribution in [-0.2, 0) is 13.5 Å². The van der Waals surface area contributed by atoms with Crippen LogP contribution in [0.5, 0.6) is 0 Å². The van der Waals surface area contributed by atoms with E-state index in [1.54, 1.807) is 0 Å². The van der Waals surface area contributed by atoms with Crippen LogP contribution in [-0.4, -0.2) is 22.4 Å². The largest absolute Gasteiger partial charge is 0.314 e. The third-order valence-corrected chi connectivity index (χ3v) is 3.44. The summed E-state index contributed by atoms with van der Waals surface area (Å²) in [6.45, 7) is 1.16. The van der Waals surface area contributed by atoms with Crippen molar-refractivity contribution in [1.29, 1.82) is 0 Å². The third kappa shape index (κ3) is 1.61. The van der Waals surface area contributed by atoms with Gasteiger partial charge in [0, 0.05) is 24.9 Å². The van der Waals surface area contributed by atoms with Gasteiger partial charge in [0.25, 0.3) is 0 Å². The highest BCUT2D eigenvalue weighted by Gasteiger charge is 2.17. The van der Waals surface area contributed by atoms with E-state index < -0.39 is 0 Å². The molecule has 16 heavy (non-hydrogen) atoms. The molecule has 0 aliphatic carbocycles. The van der Waals surface area contributed by atoms with Crippen LogP contribution in [0, 0.1) is 0 Å². The SMILES string of the molecule is Cn1nc(CC2CCCN2)c2ccccc21. The Morgan fingerprint density at radius 1 is 1.44 bits per heavy atom. The van der Waals surface area contributed by atoms with Crippen LogP contribution in [0.2, 0.25) is 0 Å². The maximum Gasteiger partial charge on any atom is 0.0718 e. The van der Waals surface area contributed by atoms with Crippen LogP contribution >= 0.6 is 0 Å². The molecule has 3 rings (SSSR count). The number of nitrogens with one attached hydrogen (secondary N) is 1. The van der Waals surface area contributed by atoms with Crippen molar-refractivity contribution in [1.82, 2.24) is 15.1 Å². The summed E-state index contributed by atoms with van der Waals surface area (Å²) in [5.74, 6) is 0. The van der Waals surface area contributed by atoms with Crippen molar-refractivity contribution in [3.8, 4) is 0 Å². The fourth-order valence-electron chi connectivity index (χ4n) is 2.60. The zero-order valence-corrected chi connectivity index (χ0v) is 9.61. The Balaban J connectivity index is 1.96. The number of hydrogen-bond donors (Lipinski definition) is 1. The first-order valence-electron chi connectivity index (χ1n) is 5.98. The summed E-state index contributed by atoms with van der Waals surface area (Å²) < 4.78 is 1.99. The molecule has 1 aliphatic rings. The predicted molar refractivity (Wildman–Crippen MR) is 65.4 cm³/mol. The Morgan fingerprint density at radius 3 is 3.12 bits per heavy atom. The van der Waals surface area contributed by atoms with Gasteiger partial charge in [-0.05, 0) is 25.5 Å². The van der Waals surface area contributed by atoms with Crippen molar-refractivity contribution in [2.75, 3.05) is 6.54 Å². The van der Waals surface area contributed by atoms with Gasteiger partial charge in [-0.2, -0.15) is 5.10 Å². The lowest BCUT2D eigenvalue weighted by atomic mass is 10.1. The minimum absolute atomic E-state index is 0.623. The molecule has 0 radical (unpaired) electrons. The highest BCUT2D eigenvalue weighted by atomic mass is 15.3. The van der Waals surface area contributed by atoms with Gasteiger partial charge in [-0.3, -0.25) is 4.68 Å². The van der Waals surface area contributed by atoms with Crippen LogP contribution in [0.1, 0.15) is 18.5 Å². The Morgan fingerprint density at radius 2 is 2.31 bits per heavy atom. The molecule has 1 saturated heterocycles. The Bertz CT molecular complexity index is 495. The van der Waals surface area contributed by atoms with E-state index in [2.05, 4.69) is 34.7 Å². The van der Waals surface area contributed by atoms with Gasteiger partial charge in [0.15, 0.2) is 0 Å². The van der Waals surface area contributed by atoms with Gasteiger partial charge in [-0.1, -0.05) is 18.2 Å². The van der Waals surface area contributed by atoms with E-state index >= 15 is 0 Å². The summed E-state index contributed by atoms with van der Waals surface area (Å²) in [6.07, 6.45) is 3.64. The molecule has 3 heteroatoms. The lowest BCUT2D eigenvalue weighted by Crippen LogP contribution is -2.23. The van der Waals surface area contributed by atoms with E-state index in [9.17, 15) is 0 Å². The second-order valence-electron chi connectivity index (χ2n) is 4.58. The predicted octanol–water partition coefficient (Wildman–Crippen LogP) is 1.87. The van der Waals surface area contributed by atoms with E-state index in [0.29, 0.717) is 6.04 Å². The standard InChI is InChI=1S/C13H17N3/c1-16-13-7-3-2-6-11(13)12(15-16)9-10-5-4-8-14-10/h2-3,6-7,10,14H,4-5,8-9H2,1H3. The highest BCUT2D eigenvalue weighted by molar-refractivity contribution is 5.81. The first-order chi connectivity index (χ1) is 7.84. The Hall–Kier alpha value is -1.35. The molecule has 1 aromatic heterocycles. The second-order valence-corrected chi connectivity index (χ2v) is 4.58. The van der Waals surface area contributed by atoms with Crippen molar-refractivity contribution in [2.24, 2.45) is 7.05 Å². The lowest BCUT2D eigenvalue weighted by molar-refractivity contribution is 0.589. The fourth-order valence-corrected chi connectivity index (χ4v) is 2.60. The van der Waals surface area contributed by atoms with Gasteiger partial charge in [-0.25, -0.2) is 0 Å². The number of aromatic nitrogens is 2. The molecule has 3 nitrogen and oxygen atoms in total. The molecule has 2 aromatic rings. The molecule has 1 aromatic carbocycles. The maximum absolute atomic E-state index is 4.63. The number of para-hydroxylation sites is 1. The van der Waals surface area contributed by atoms with Gasteiger partial charge in [0.2, 0.25) is 0 Å². The Labute approximate surface area is 95.5 Å². The quantitative estimate of drug-likeness (QED) is 0.828. The zero-order chi connectivity index (χ0) is 11.0. The molecule has 2 heterocycles. The van der Waals surface area contributed by atoms with Crippen molar-refractivity contribution >= 4 is 10.9 Å². The van der Waals surface area contributed by atoms with Gasteiger partial charge in [0.1, 0.15) is 0 Å². The first-order valence-corrected chi connectivity index (χ1v) is 5.98. The fraction of sp³-hybridized carbons (Fsp3) is 0.462. The average molecular weight is 215 g/mol. The molecule has 0 amide bonds. The molecular weight excluding hydrogens is 198 g/mol. The average Bonchev–Trinajstić information content (AvgIpc) is 2.90. The van der Waals surface area contributed by atoms with Gasteiger partial charge >= 0.3 is 0 Å². The van der Waals surface area contributed by atoms with Gasteiger partial charge < -0.3 is 5.32 Å². The van der Waals surface area contributed by atoms with Crippen molar-refractivity contribution < 1.29 is 0 Å². The Kier molecular flexibility index (Phi) is 2.40. The van der Waals surface area contributed by atoms with Crippen molar-refractivity contribution in [3.05, 3.63) is 30.0 Å². The minimum atomic E-state index is 0.623. The number of fused-ring (bicyclic) bond motifs is 1. The number of rotatable bonds is 2. The monoisotopic (exact) mass is 215 g/mol. The van der Waals surface area contributed by atoms with Crippen molar-refractivity contribution in [3.63, 3.8) is 0 Å². The van der Waals surface area contributed by atoms with E-state index in [4.69, 9.17) is 0 Å². The first kappa shape index (κ1) is 9.85. The maximum atomic E-state index is 4.63. The van der Waals surface area contributed by atoms with Gasteiger partial charge in [0.05, 0.1) is 11.2 Å². The minimum Gasteiger partial charge on any atom is -0.314 e. The number of hydrogen-bond acceptors (Lipinski definition) is 2. The molecule has 84 valence electrons. The molecule has 1 atom stereocenters. The third-order valence-electron chi connectivity index (χ3n) is 3.44. The number of nitrogens with zero attached hydrogens (tertiary/aromatic N) is 2. The molecule has 0 spiro atoms. The summed E-state index contributed by atoms with van der Waals surface area (Å²) in [6, 6.07) is 9.09. The van der Waals surface area contributed by atoms with Crippen molar-refractivity contribution in [2.45, 2.75) is 25.3 Å². The molecule has 1 unspecified atom stereocenters. The van der Waals surface area contributed by atoms with Crippen LogP contribution in [0.3, 0.4) is 0 Å². The van der Waals surface area contributed by atoms with E-state index in [-0.39, 0.29) is 0 Å². The highest BCUT2D eigenvalue weighted by Crippen LogP contribution is 2.20. The van der Waals surface area contributed by atoms with Gasteiger partial charge in [-0.15, -0.1) is 0 Å². The summed E-state index contributed by atoms with van der Waals surface area (Å²) in [5, 5.41) is 9.46.